The average Bonchev–Trinajstić information content (AvgIpc) is 2.38. The van der Waals surface area contributed by atoms with Crippen molar-refractivity contribution in [1.29, 1.82) is 0 Å². The van der Waals surface area contributed by atoms with E-state index in [0.717, 1.165) is 10.9 Å². The van der Waals surface area contributed by atoms with Crippen molar-refractivity contribution in [2.75, 3.05) is 18.5 Å². The van der Waals surface area contributed by atoms with Gasteiger partial charge in [-0.1, -0.05) is 18.2 Å². The Hall–Kier alpha value is -1.65. The molecule has 0 aliphatic carbocycles. The quantitative estimate of drug-likeness (QED) is 0.745. The van der Waals surface area contributed by atoms with Crippen LogP contribution in [-0.4, -0.2) is 33.9 Å². The van der Waals surface area contributed by atoms with Crippen molar-refractivity contribution in [3.8, 4) is 0 Å². The lowest BCUT2D eigenvalue weighted by Gasteiger charge is -2.26. The van der Waals surface area contributed by atoms with Gasteiger partial charge in [0.1, 0.15) is 5.82 Å². The third-order valence-electron chi connectivity index (χ3n) is 2.73. The van der Waals surface area contributed by atoms with Gasteiger partial charge in [0.15, 0.2) is 0 Å². The molecule has 3 N–H and O–H groups in total. The van der Waals surface area contributed by atoms with E-state index in [1.54, 1.807) is 6.92 Å². The number of rotatable bonds is 4. The molecule has 2 rings (SSSR count). The first-order chi connectivity index (χ1) is 8.17. The van der Waals surface area contributed by atoms with Crippen LogP contribution in [0.4, 0.5) is 5.82 Å². The summed E-state index contributed by atoms with van der Waals surface area (Å²) in [4.78, 5) is 4.42. The molecule has 17 heavy (non-hydrogen) atoms. The van der Waals surface area contributed by atoms with Crippen molar-refractivity contribution >= 4 is 16.7 Å². The predicted octanol–water partition coefficient (Wildman–Crippen LogP) is 1.39. The molecule has 0 spiro atoms. The number of aliphatic hydroxyl groups excluding tert-OH is 2. The fourth-order valence-electron chi connectivity index (χ4n) is 1.57. The van der Waals surface area contributed by atoms with Crippen LogP contribution in [0.3, 0.4) is 0 Å². The maximum absolute atomic E-state index is 9.21. The zero-order valence-corrected chi connectivity index (χ0v) is 9.72. The predicted molar refractivity (Wildman–Crippen MR) is 67.9 cm³/mol. The number of pyridine rings is 1. The van der Waals surface area contributed by atoms with Crippen LogP contribution in [0.25, 0.3) is 10.9 Å². The Kier molecular flexibility index (Phi) is 3.26. The Morgan fingerprint density at radius 2 is 1.82 bits per heavy atom. The third kappa shape index (κ3) is 2.54. The fourth-order valence-corrected chi connectivity index (χ4v) is 1.57. The largest absolute Gasteiger partial charge is 0.394 e. The summed E-state index contributed by atoms with van der Waals surface area (Å²) in [6.07, 6.45) is 0. The zero-order valence-electron chi connectivity index (χ0n) is 9.72. The van der Waals surface area contributed by atoms with E-state index < -0.39 is 5.54 Å². The second-order valence-electron chi connectivity index (χ2n) is 4.39. The molecule has 4 heteroatoms. The minimum atomic E-state index is -0.755. The standard InChI is InChI=1S/C13H16N2O2/c1-13(8-16,9-17)15-12-7-6-10-4-2-3-5-11(10)14-12/h2-7,16-17H,8-9H2,1H3,(H,14,15). The Morgan fingerprint density at radius 1 is 1.12 bits per heavy atom. The Labute approximate surface area is 99.9 Å². The summed E-state index contributed by atoms with van der Waals surface area (Å²) in [5.41, 5.74) is 0.130. The molecule has 0 bridgehead atoms. The highest BCUT2D eigenvalue weighted by molar-refractivity contribution is 5.80. The zero-order chi connectivity index (χ0) is 12.3. The molecular weight excluding hydrogens is 216 g/mol. The van der Waals surface area contributed by atoms with E-state index in [2.05, 4.69) is 10.3 Å². The van der Waals surface area contributed by atoms with Crippen LogP contribution in [0.1, 0.15) is 6.92 Å². The molecule has 0 aliphatic heterocycles. The molecule has 0 unspecified atom stereocenters. The topological polar surface area (TPSA) is 65.4 Å². The van der Waals surface area contributed by atoms with Crippen LogP contribution in [-0.2, 0) is 0 Å². The van der Waals surface area contributed by atoms with Crippen LogP contribution >= 0.6 is 0 Å². The van der Waals surface area contributed by atoms with Crippen molar-refractivity contribution in [3.63, 3.8) is 0 Å². The summed E-state index contributed by atoms with van der Waals surface area (Å²) in [5.74, 6) is 0.648. The monoisotopic (exact) mass is 232 g/mol. The lowest BCUT2D eigenvalue weighted by molar-refractivity contribution is 0.147. The second-order valence-corrected chi connectivity index (χ2v) is 4.39. The van der Waals surface area contributed by atoms with Crippen LogP contribution in [0, 0.1) is 0 Å². The first-order valence-corrected chi connectivity index (χ1v) is 5.52. The number of aromatic nitrogens is 1. The number of hydrogen-bond donors (Lipinski definition) is 3. The van der Waals surface area contributed by atoms with Gasteiger partial charge in [0, 0.05) is 5.39 Å². The highest BCUT2D eigenvalue weighted by atomic mass is 16.3. The van der Waals surface area contributed by atoms with Gasteiger partial charge in [-0.15, -0.1) is 0 Å². The van der Waals surface area contributed by atoms with Crippen molar-refractivity contribution in [1.82, 2.24) is 4.98 Å². The minimum absolute atomic E-state index is 0.155. The molecule has 0 saturated carbocycles. The molecule has 4 nitrogen and oxygen atoms in total. The van der Waals surface area contributed by atoms with Gasteiger partial charge >= 0.3 is 0 Å². The van der Waals surface area contributed by atoms with Crippen molar-refractivity contribution in [2.45, 2.75) is 12.5 Å². The first-order valence-electron chi connectivity index (χ1n) is 5.52. The Balaban J connectivity index is 2.31. The van der Waals surface area contributed by atoms with E-state index >= 15 is 0 Å². The summed E-state index contributed by atoms with van der Waals surface area (Å²) in [6.45, 7) is 1.43. The van der Waals surface area contributed by atoms with Crippen molar-refractivity contribution in [3.05, 3.63) is 36.4 Å². The lowest BCUT2D eigenvalue weighted by atomic mass is 10.1. The molecule has 0 aliphatic rings. The SMILES string of the molecule is CC(CO)(CO)Nc1ccc2ccccc2n1. The van der Waals surface area contributed by atoms with Gasteiger partial charge in [0.05, 0.1) is 24.3 Å². The summed E-state index contributed by atoms with van der Waals surface area (Å²) < 4.78 is 0. The summed E-state index contributed by atoms with van der Waals surface area (Å²) in [7, 11) is 0. The van der Waals surface area contributed by atoms with E-state index in [1.165, 1.54) is 0 Å². The van der Waals surface area contributed by atoms with Crippen LogP contribution < -0.4 is 5.32 Å². The van der Waals surface area contributed by atoms with E-state index in [1.807, 2.05) is 36.4 Å². The van der Waals surface area contributed by atoms with Crippen molar-refractivity contribution in [2.24, 2.45) is 0 Å². The number of hydrogen-bond acceptors (Lipinski definition) is 4. The number of fused-ring (bicyclic) bond motifs is 1. The van der Waals surface area contributed by atoms with Gasteiger partial charge < -0.3 is 15.5 Å². The molecule has 0 atom stereocenters. The molecule has 1 aromatic carbocycles. The maximum atomic E-state index is 9.21. The second kappa shape index (κ2) is 4.69. The summed E-state index contributed by atoms with van der Waals surface area (Å²) in [5, 5.41) is 22.5. The third-order valence-corrected chi connectivity index (χ3v) is 2.73. The molecule has 1 heterocycles. The van der Waals surface area contributed by atoms with E-state index in [-0.39, 0.29) is 13.2 Å². The summed E-state index contributed by atoms with van der Waals surface area (Å²) >= 11 is 0. The number of nitrogens with one attached hydrogen (secondary N) is 1. The van der Waals surface area contributed by atoms with Gasteiger partial charge in [-0.2, -0.15) is 0 Å². The number of benzene rings is 1. The molecule has 0 radical (unpaired) electrons. The highest BCUT2D eigenvalue weighted by Crippen LogP contribution is 2.17. The normalized spacial score (nSPS) is 11.7. The van der Waals surface area contributed by atoms with E-state index in [0.29, 0.717) is 5.82 Å². The van der Waals surface area contributed by atoms with Gasteiger partial charge in [0.2, 0.25) is 0 Å². The number of para-hydroxylation sites is 1. The van der Waals surface area contributed by atoms with Crippen LogP contribution in [0.15, 0.2) is 36.4 Å². The van der Waals surface area contributed by atoms with Gasteiger partial charge in [-0.05, 0) is 25.1 Å². The number of aliphatic hydroxyl groups is 2. The van der Waals surface area contributed by atoms with E-state index in [9.17, 15) is 10.2 Å². The molecule has 2 aromatic rings. The highest BCUT2D eigenvalue weighted by Gasteiger charge is 2.22. The number of anilines is 1. The van der Waals surface area contributed by atoms with Gasteiger partial charge in [-0.25, -0.2) is 4.98 Å². The maximum Gasteiger partial charge on any atom is 0.127 e. The average molecular weight is 232 g/mol. The molecule has 0 saturated heterocycles. The molecule has 0 amide bonds. The first kappa shape index (κ1) is 11.8. The van der Waals surface area contributed by atoms with Gasteiger partial charge in [0.25, 0.3) is 0 Å². The smallest absolute Gasteiger partial charge is 0.127 e. The summed E-state index contributed by atoms with van der Waals surface area (Å²) in [6, 6.07) is 11.6. The molecule has 0 fully saturated rings. The lowest BCUT2D eigenvalue weighted by Crippen LogP contribution is -2.42. The minimum Gasteiger partial charge on any atom is -0.394 e. The fraction of sp³-hybridized carbons (Fsp3) is 0.308. The van der Waals surface area contributed by atoms with Crippen molar-refractivity contribution < 1.29 is 10.2 Å². The van der Waals surface area contributed by atoms with Gasteiger partial charge in [-0.3, -0.25) is 0 Å². The Morgan fingerprint density at radius 3 is 2.53 bits per heavy atom. The molecule has 90 valence electrons. The molecular formula is C13H16N2O2. The molecule has 1 aromatic heterocycles. The van der Waals surface area contributed by atoms with E-state index in [4.69, 9.17) is 0 Å². The Bertz CT molecular complexity index is 510. The van der Waals surface area contributed by atoms with Crippen LogP contribution in [0.2, 0.25) is 0 Å². The number of nitrogens with zero attached hydrogens (tertiary/aromatic N) is 1. The van der Waals surface area contributed by atoms with Crippen LogP contribution in [0.5, 0.6) is 0 Å².